The molecule has 0 fully saturated rings. The first kappa shape index (κ1) is 32.1. The first-order valence-corrected chi connectivity index (χ1v) is 7.24. The van der Waals surface area contributed by atoms with Crippen molar-refractivity contribution >= 4 is 34.1 Å². The Bertz CT molecular complexity index is 169. The molecule has 0 heterocycles. The third-order valence-corrected chi connectivity index (χ3v) is 0.258. The summed E-state index contributed by atoms with van der Waals surface area (Å²) < 4.78 is 68.5. The molecule has 130 valence electrons. The van der Waals surface area contributed by atoms with Gasteiger partial charge in [-0.25, -0.2) is 0 Å². The minimum absolute atomic E-state index is 0.0972. The Labute approximate surface area is 122 Å². The second kappa shape index (κ2) is 36.4. The maximum atomic E-state index is 8.67. The lowest BCUT2D eigenvalue weighted by Crippen LogP contribution is -2.02. The van der Waals surface area contributed by atoms with Crippen LogP contribution in [0.2, 0.25) is 0 Å². The molecule has 16 heteroatoms. The summed E-state index contributed by atoms with van der Waals surface area (Å²) in [6.07, 6.45) is 0. The first-order valence-electron chi connectivity index (χ1n) is 4.04. The van der Waals surface area contributed by atoms with Crippen molar-refractivity contribution in [3.63, 3.8) is 0 Å². The standard InChI is InChI=1S/2C2H7NO.3H2O3S/c2*3-1-2-4;3*1-4(2)3/h2*4H,1-3H2;3*(H2,1,2,3). The Morgan fingerprint density at radius 1 is 0.600 bits per heavy atom. The number of hydrogen-bond donors (Lipinski definition) is 10. The van der Waals surface area contributed by atoms with E-state index in [-0.39, 0.29) is 13.2 Å². The highest BCUT2D eigenvalue weighted by Gasteiger charge is 1.63. The fourth-order valence-electron chi connectivity index (χ4n) is 0. The van der Waals surface area contributed by atoms with E-state index in [2.05, 4.69) is 0 Å². The predicted octanol–water partition coefficient (Wildman–Crippen LogP) is -3.08. The van der Waals surface area contributed by atoms with Crippen LogP contribution in [0.1, 0.15) is 0 Å². The van der Waals surface area contributed by atoms with Crippen molar-refractivity contribution in [3.05, 3.63) is 0 Å². The molecule has 0 aliphatic rings. The summed E-state index contributed by atoms with van der Waals surface area (Å²) in [4.78, 5) is 0. The zero-order valence-electron chi connectivity index (χ0n) is 10.0. The van der Waals surface area contributed by atoms with Gasteiger partial charge in [0.2, 0.25) is 0 Å². The molecular weight excluding hydrogens is 348 g/mol. The smallest absolute Gasteiger partial charge is 0.299 e. The Balaban J connectivity index is -0.0000000469. The van der Waals surface area contributed by atoms with Crippen LogP contribution in [-0.2, 0) is 34.1 Å². The van der Waals surface area contributed by atoms with Crippen LogP contribution in [0.5, 0.6) is 0 Å². The molecule has 0 aromatic carbocycles. The monoisotopic (exact) mass is 368 g/mol. The van der Waals surface area contributed by atoms with Crippen molar-refractivity contribution in [2.75, 3.05) is 26.3 Å². The molecule has 0 aromatic heterocycles. The van der Waals surface area contributed by atoms with Crippen molar-refractivity contribution in [1.82, 2.24) is 0 Å². The topological polar surface area (TPSA) is 265 Å². The molecule has 0 rings (SSSR count). The van der Waals surface area contributed by atoms with Crippen LogP contribution in [0.25, 0.3) is 0 Å². The highest BCUT2D eigenvalue weighted by molar-refractivity contribution is 7.73. The summed E-state index contributed by atoms with van der Waals surface area (Å²) in [6.45, 7) is 0.944. The first-order chi connectivity index (χ1) is 9.02. The van der Waals surface area contributed by atoms with E-state index in [4.69, 9.17) is 61.6 Å². The molecule has 0 amide bonds. The zero-order valence-corrected chi connectivity index (χ0v) is 12.5. The third kappa shape index (κ3) is 1250. The number of aliphatic hydroxyl groups is 2. The highest BCUT2D eigenvalue weighted by atomic mass is 32.2. The lowest BCUT2D eigenvalue weighted by atomic mass is 10.8. The minimum Gasteiger partial charge on any atom is -0.395 e. The van der Waals surface area contributed by atoms with E-state index in [1.807, 2.05) is 0 Å². The summed E-state index contributed by atoms with van der Waals surface area (Å²) in [7, 11) is 0. The fourth-order valence-corrected chi connectivity index (χ4v) is 0. The normalized spacial score (nSPS) is 8.25. The van der Waals surface area contributed by atoms with E-state index in [9.17, 15) is 0 Å². The zero-order chi connectivity index (χ0) is 17.6. The summed E-state index contributed by atoms with van der Waals surface area (Å²) >= 11 is -7.83. The molecule has 0 unspecified atom stereocenters. The largest absolute Gasteiger partial charge is 0.395 e. The van der Waals surface area contributed by atoms with Gasteiger partial charge in [-0.15, -0.1) is 0 Å². The molecule has 0 aromatic rings. The molecule has 12 N–H and O–H groups in total. The second-order valence-electron chi connectivity index (χ2n) is 1.72. The van der Waals surface area contributed by atoms with Gasteiger partial charge in [0, 0.05) is 13.1 Å². The van der Waals surface area contributed by atoms with E-state index in [0.717, 1.165) is 0 Å². The van der Waals surface area contributed by atoms with Gasteiger partial charge in [-0.1, -0.05) is 0 Å². The Hall–Kier alpha value is 0.0500. The molecule has 0 aliphatic heterocycles. The Morgan fingerprint density at radius 3 is 0.650 bits per heavy atom. The molecule has 0 aliphatic carbocycles. The lowest BCUT2D eigenvalue weighted by Gasteiger charge is -1.71. The maximum Gasteiger partial charge on any atom is 0.299 e. The van der Waals surface area contributed by atoms with Crippen LogP contribution < -0.4 is 11.5 Å². The van der Waals surface area contributed by atoms with Crippen LogP contribution in [0.15, 0.2) is 0 Å². The summed E-state index contributed by atoms with van der Waals surface area (Å²) in [5, 5.41) is 15.5. The quantitative estimate of drug-likeness (QED) is 0.217. The molecule has 20 heavy (non-hydrogen) atoms. The Morgan fingerprint density at radius 2 is 0.650 bits per heavy atom. The van der Waals surface area contributed by atoms with Gasteiger partial charge in [0.05, 0.1) is 13.2 Å². The minimum atomic E-state index is -2.61. The van der Waals surface area contributed by atoms with Crippen LogP contribution in [0, 0.1) is 0 Å². The van der Waals surface area contributed by atoms with Gasteiger partial charge in [0.15, 0.2) is 0 Å². The van der Waals surface area contributed by atoms with Crippen molar-refractivity contribution in [2.45, 2.75) is 0 Å². The van der Waals surface area contributed by atoms with E-state index < -0.39 is 34.1 Å². The van der Waals surface area contributed by atoms with Crippen molar-refractivity contribution in [3.8, 4) is 0 Å². The average molecular weight is 368 g/mol. The number of hydrogen-bond acceptors (Lipinski definition) is 7. The van der Waals surface area contributed by atoms with Crippen LogP contribution >= 0.6 is 0 Å². The third-order valence-electron chi connectivity index (χ3n) is 0.258. The van der Waals surface area contributed by atoms with Gasteiger partial charge in [-0.2, -0.15) is 12.6 Å². The van der Waals surface area contributed by atoms with Crippen molar-refractivity contribution in [2.24, 2.45) is 11.5 Å². The molecule has 0 atom stereocenters. The van der Waals surface area contributed by atoms with Gasteiger partial charge in [-0.05, 0) is 0 Å². The molecule has 0 saturated carbocycles. The molecule has 0 bridgehead atoms. The van der Waals surface area contributed by atoms with E-state index >= 15 is 0 Å². The van der Waals surface area contributed by atoms with Crippen molar-refractivity contribution < 1.29 is 50.2 Å². The highest BCUT2D eigenvalue weighted by Crippen LogP contribution is 1.45. The summed E-state index contributed by atoms with van der Waals surface area (Å²) in [5.74, 6) is 0. The summed E-state index contributed by atoms with van der Waals surface area (Å²) in [6, 6.07) is 0. The maximum absolute atomic E-state index is 8.67. The van der Waals surface area contributed by atoms with Gasteiger partial charge in [0.25, 0.3) is 34.1 Å². The van der Waals surface area contributed by atoms with Crippen LogP contribution in [0.3, 0.4) is 0 Å². The predicted molar refractivity (Wildman–Crippen MR) is 72.5 cm³/mol. The molecule has 0 spiro atoms. The van der Waals surface area contributed by atoms with Crippen molar-refractivity contribution in [1.29, 1.82) is 0 Å². The van der Waals surface area contributed by atoms with Gasteiger partial charge in [-0.3, -0.25) is 27.3 Å². The number of nitrogens with two attached hydrogens (primary N) is 2. The summed E-state index contributed by atoms with van der Waals surface area (Å²) in [5.41, 5.74) is 9.56. The molecule has 13 nitrogen and oxygen atoms in total. The van der Waals surface area contributed by atoms with Gasteiger partial charge in [0.1, 0.15) is 0 Å². The van der Waals surface area contributed by atoms with Gasteiger partial charge < -0.3 is 21.7 Å². The fraction of sp³-hybridized carbons (Fsp3) is 1.00. The lowest BCUT2D eigenvalue weighted by molar-refractivity contribution is 0.306. The second-order valence-corrected chi connectivity index (χ2v) is 3.10. The van der Waals surface area contributed by atoms with Crippen LogP contribution in [-0.4, -0.2) is 76.5 Å². The van der Waals surface area contributed by atoms with Gasteiger partial charge >= 0.3 is 0 Å². The molecule has 0 radical (unpaired) electrons. The SMILES string of the molecule is NCCO.NCCO.O=S(O)O.O=S(O)O.O=S(O)O. The number of aliphatic hydroxyl groups excluding tert-OH is 2. The molecule has 0 saturated heterocycles. The van der Waals surface area contributed by atoms with E-state index in [1.165, 1.54) is 0 Å². The van der Waals surface area contributed by atoms with E-state index in [0.29, 0.717) is 13.1 Å². The average Bonchev–Trinajstić information content (AvgIpc) is 2.26. The Kier molecular flexibility index (Phi) is 58.5. The van der Waals surface area contributed by atoms with Crippen LogP contribution in [0.4, 0.5) is 0 Å². The number of rotatable bonds is 2. The van der Waals surface area contributed by atoms with E-state index in [1.54, 1.807) is 0 Å². The molecular formula is C4H20N2O11S3.